The van der Waals surface area contributed by atoms with Crippen molar-refractivity contribution in [3.05, 3.63) is 107 Å². The summed E-state index contributed by atoms with van der Waals surface area (Å²) in [5, 5.41) is 7.56. The first kappa shape index (κ1) is 19.7. The van der Waals surface area contributed by atoms with Crippen LogP contribution in [0, 0.1) is 0 Å². The van der Waals surface area contributed by atoms with Crippen LogP contribution in [0.4, 0.5) is 11.4 Å². The highest BCUT2D eigenvalue weighted by molar-refractivity contribution is 6.34. The van der Waals surface area contributed by atoms with Gasteiger partial charge in [0.1, 0.15) is 0 Å². The van der Waals surface area contributed by atoms with E-state index in [1.165, 1.54) is 6.20 Å². The Bertz CT molecular complexity index is 1360. The minimum Gasteiger partial charge on any atom is -0.322 e. The van der Waals surface area contributed by atoms with Crippen LogP contribution in [-0.4, -0.2) is 27.5 Å². The van der Waals surface area contributed by atoms with Crippen molar-refractivity contribution in [2.45, 2.75) is 0 Å². The first-order valence-electron chi connectivity index (χ1n) is 9.71. The van der Waals surface area contributed by atoms with Crippen LogP contribution in [0.15, 0.2) is 85.2 Å². The predicted octanol–water partition coefficient (Wildman–Crippen LogP) is 4.58. The van der Waals surface area contributed by atoms with Gasteiger partial charge in [0.25, 0.3) is 17.7 Å². The quantitative estimate of drug-likeness (QED) is 0.469. The van der Waals surface area contributed by atoms with E-state index in [1.54, 1.807) is 77.6 Å². The molecular weight excluding hydrogens is 428 g/mol. The molecule has 1 aliphatic rings. The number of anilines is 2. The maximum absolute atomic E-state index is 12.7. The fourth-order valence-electron chi connectivity index (χ4n) is 3.55. The highest BCUT2D eigenvalue weighted by atomic mass is 35.5. The second-order valence-corrected chi connectivity index (χ2v) is 7.59. The number of carbonyl (C=O) groups is 3. The fourth-order valence-corrected chi connectivity index (χ4v) is 3.73. The van der Waals surface area contributed by atoms with Crippen molar-refractivity contribution in [2.24, 2.45) is 0 Å². The van der Waals surface area contributed by atoms with Crippen LogP contribution >= 0.6 is 11.6 Å². The van der Waals surface area contributed by atoms with Gasteiger partial charge in [0, 0.05) is 16.9 Å². The lowest BCUT2D eigenvalue weighted by Crippen LogP contribution is -2.29. The van der Waals surface area contributed by atoms with Gasteiger partial charge in [-0.2, -0.15) is 5.10 Å². The van der Waals surface area contributed by atoms with Gasteiger partial charge in [0.15, 0.2) is 0 Å². The first-order chi connectivity index (χ1) is 15.5. The van der Waals surface area contributed by atoms with E-state index < -0.39 is 11.8 Å². The minimum absolute atomic E-state index is 0.344. The van der Waals surface area contributed by atoms with Crippen LogP contribution < -0.4 is 10.2 Å². The molecule has 0 radical (unpaired) electrons. The second-order valence-electron chi connectivity index (χ2n) is 7.15. The van der Waals surface area contributed by atoms with E-state index in [0.29, 0.717) is 33.1 Å². The summed E-state index contributed by atoms with van der Waals surface area (Å²) in [5.74, 6) is -1.16. The van der Waals surface area contributed by atoms with Crippen LogP contribution in [0.1, 0.15) is 31.1 Å². The van der Waals surface area contributed by atoms with Crippen LogP contribution in [-0.2, 0) is 0 Å². The zero-order valence-electron chi connectivity index (χ0n) is 16.5. The number of hydrogen-bond acceptors (Lipinski definition) is 4. The number of nitrogens with zero attached hydrogens (tertiary/aromatic N) is 3. The van der Waals surface area contributed by atoms with E-state index in [4.69, 9.17) is 11.6 Å². The van der Waals surface area contributed by atoms with Crippen LogP contribution in [0.3, 0.4) is 0 Å². The Morgan fingerprint density at radius 1 is 0.844 bits per heavy atom. The van der Waals surface area contributed by atoms with Gasteiger partial charge in [-0.25, -0.2) is 9.58 Å². The molecule has 0 unspecified atom stereocenters. The molecule has 5 rings (SSSR count). The van der Waals surface area contributed by atoms with Crippen molar-refractivity contribution in [1.29, 1.82) is 0 Å². The summed E-state index contributed by atoms with van der Waals surface area (Å²) in [7, 11) is 0. The number of aromatic nitrogens is 2. The zero-order chi connectivity index (χ0) is 22.2. The third-order valence-corrected chi connectivity index (χ3v) is 5.31. The number of nitrogens with one attached hydrogen (secondary N) is 1. The van der Waals surface area contributed by atoms with E-state index in [9.17, 15) is 14.4 Å². The van der Waals surface area contributed by atoms with Crippen molar-refractivity contribution in [3.63, 3.8) is 0 Å². The Morgan fingerprint density at radius 2 is 1.53 bits per heavy atom. The van der Waals surface area contributed by atoms with E-state index in [0.717, 1.165) is 10.6 Å². The summed E-state index contributed by atoms with van der Waals surface area (Å²) in [5.41, 5.74) is 2.62. The van der Waals surface area contributed by atoms with Gasteiger partial charge in [0.2, 0.25) is 0 Å². The topological polar surface area (TPSA) is 84.3 Å². The standard InChI is InChI=1S/C24H15ClN4O3/c25-16-5-3-7-18(11-16)28-14-15(13-26-28)22(30)27-17-6-4-8-19(12-17)29-23(31)20-9-1-2-10-21(20)24(29)32/h1-14H,(H,27,30). The number of amides is 3. The summed E-state index contributed by atoms with van der Waals surface area (Å²) in [6.07, 6.45) is 3.04. The summed E-state index contributed by atoms with van der Waals surface area (Å²) < 4.78 is 1.55. The lowest BCUT2D eigenvalue weighted by molar-refractivity contribution is 0.0925. The summed E-state index contributed by atoms with van der Waals surface area (Å²) in [4.78, 5) is 39.3. The molecule has 2 heterocycles. The molecule has 4 aromatic rings. The number of hydrogen-bond donors (Lipinski definition) is 1. The minimum atomic E-state index is -0.392. The van der Waals surface area contributed by atoms with E-state index in [-0.39, 0.29) is 5.91 Å². The van der Waals surface area contributed by atoms with E-state index in [2.05, 4.69) is 10.4 Å². The molecule has 7 nitrogen and oxygen atoms in total. The molecule has 1 aromatic heterocycles. The maximum Gasteiger partial charge on any atom is 0.266 e. The molecule has 0 saturated carbocycles. The average Bonchev–Trinajstić information content (AvgIpc) is 3.38. The van der Waals surface area contributed by atoms with E-state index in [1.807, 2.05) is 6.07 Å². The zero-order valence-corrected chi connectivity index (χ0v) is 17.3. The van der Waals surface area contributed by atoms with Crippen LogP contribution in [0.5, 0.6) is 0 Å². The van der Waals surface area contributed by atoms with Gasteiger partial charge >= 0.3 is 0 Å². The molecule has 1 N–H and O–H groups in total. The van der Waals surface area contributed by atoms with Crippen LogP contribution in [0.25, 0.3) is 5.69 Å². The van der Waals surface area contributed by atoms with Gasteiger partial charge in [-0.15, -0.1) is 0 Å². The molecule has 3 amide bonds. The molecule has 1 aliphatic heterocycles. The Labute approximate surface area is 187 Å². The SMILES string of the molecule is O=C(Nc1cccc(N2C(=O)c3ccccc3C2=O)c1)c1cnn(-c2cccc(Cl)c2)c1. The number of rotatable bonds is 4. The highest BCUT2D eigenvalue weighted by Gasteiger charge is 2.36. The number of halogens is 1. The Balaban J connectivity index is 1.37. The van der Waals surface area contributed by atoms with Crippen molar-refractivity contribution in [2.75, 3.05) is 10.2 Å². The highest BCUT2D eigenvalue weighted by Crippen LogP contribution is 2.29. The first-order valence-corrected chi connectivity index (χ1v) is 10.1. The summed E-state index contributed by atoms with van der Waals surface area (Å²) in [6.45, 7) is 0. The van der Waals surface area contributed by atoms with Gasteiger partial charge in [-0.3, -0.25) is 14.4 Å². The summed E-state index contributed by atoms with van der Waals surface area (Å²) in [6, 6.07) is 20.4. The largest absolute Gasteiger partial charge is 0.322 e. The molecule has 156 valence electrons. The third-order valence-electron chi connectivity index (χ3n) is 5.07. The number of carbonyl (C=O) groups excluding carboxylic acids is 3. The molecule has 0 aliphatic carbocycles. The Kier molecular flexibility index (Phi) is 4.80. The van der Waals surface area contributed by atoms with Gasteiger partial charge in [-0.1, -0.05) is 35.9 Å². The predicted molar refractivity (Wildman–Crippen MR) is 121 cm³/mol. The van der Waals surface area contributed by atoms with E-state index >= 15 is 0 Å². The Morgan fingerprint density at radius 3 is 2.25 bits per heavy atom. The second kappa shape index (κ2) is 7.79. The number of imide groups is 1. The smallest absolute Gasteiger partial charge is 0.266 e. The van der Waals surface area contributed by atoms with Crippen molar-refractivity contribution >= 4 is 40.7 Å². The van der Waals surface area contributed by atoms with Gasteiger partial charge < -0.3 is 5.32 Å². The molecule has 0 fully saturated rings. The monoisotopic (exact) mass is 442 g/mol. The van der Waals surface area contributed by atoms with Crippen molar-refractivity contribution < 1.29 is 14.4 Å². The molecule has 32 heavy (non-hydrogen) atoms. The molecule has 0 bridgehead atoms. The maximum atomic E-state index is 12.7. The molecule has 0 spiro atoms. The van der Waals surface area contributed by atoms with Crippen molar-refractivity contribution in [1.82, 2.24) is 9.78 Å². The van der Waals surface area contributed by atoms with Crippen molar-refractivity contribution in [3.8, 4) is 5.69 Å². The number of benzene rings is 3. The fraction of sp³-hybridized carbons (Fsp3) is 0. The average molecular weight is 443 g/mol. The third kappa shape index (κ3) is 3.44. The number of fused-ring (bicyclic) bond motifs is 1. The molecule has 0 atom stereocenters. The summed E-state index contributed by atoms with van der Waals surface area (Å²) >= 11 is 6.02. The lowest BCUT2D eigenvalue weighted by Gasteiger charge is -2.15. The molecule has 8 heteroatoms. The normalized spacial score (nSPS) is 12.7. The van der Waals surface area contributed by atoms with Crippen LogP contribution in [0.2, 0.25) is 5.02 Å². The lowest BCUT2D eigenvalue weighted by atomic mass is 10.1. The molecule has 0 saturated heterocycles. The molecule has 3 aromatic carbocycles. The van der Waals surface area contributed by atoms with Gasteiger partial charge in [0.05, 0.1) is 34.3 Å². The Hall–Kier alpha value is -4.23. The van der Waals surface area contributed by atoms with Gasteiger partial charge in [-0.05, 0) is 48.5 Å². The molecular formula is C24H15ClN4O3.